The molecule has 1 amide bonds. The van der Waals surface area contributed by atoms with Crippen LogP contribution in [0.5, 0.6) is 0 Å². The van der Waals surface area contributed by atoms with Crippen molar-refractivity contribution in [2.75, 3.05) is 11.6 Å². The average Bonchev–Trinajstić information content (AvgIpc) is 2.47. The summed E-state index contributed by atoms with van der Waals surface area (Å²) in [6.07, 6.45) is 1.86. The number of carboxylic acid groups (broad SMARTS) is 1. The molecule has 1 aromatic carbocycles. The van der Waals surface area contributed by atoms with E-state index in [0.29, 0.717) is 17.3 Å². The maximum absolute atomic E-state index is 12.1. The van der Waals surface area contributed by atoms with Gasteiger partial charge in [0, 0.05) is 11.8 Å². The summed E-state index contributed by atoms with van der Waals surface area (Å²) in [6, 6.07) is 6.81. The maximum atomic E-state index is 12.1. The van der Waals surface area contributed by atoms with Crippen molar-refractivity contribution in [1.82, 2.24) is 9.97 Å². The van der Waals surface area contributed by atoms with Gasteiger partial charge in [-0.2, -0.15) is 11.8 Å². The fraction of sp³-hybridized carbons (Fsp3) is 0.143. The van der Waals surface area contributed by atoms with Crippen molar-refractivity contribution in [3.63, 3.8) is 0 Å². The molecule has 0 saturated heterocycles. The number of carbonyl (C=O) groups excluding carboxylic acids is 1. The van der Waals surface area contributed by atoms with Crippen LogP contribution in [0.4, 0.5) is 5.69 Å². The zero-order chi connectivity index (χ0) is 16.1. The standard InChI is InChI=1S/C14H13N3O4S/c1-22-7-11-16-10(6-12(18)17-11)13(19)15-9-4-2-8(3-5-9)14(20)21/h2-6H,7H2,1H3,(H,15,19)(H,20,21)(H,16,17,18). The first-order chi connectivity index (χ1) is 10.5. The maximum Gasteiger partial charge on any atom is 0.335 e. The van der Waals surface area contributed by atoms with E-state index in [4.69, 9.17) is 5.11 Å². The van der Waals surface area contributed by atoms with Crippen LogP contribution in [0.3, 0.4) is 0 Å². The molecule has 0 aliphatic carbocycles. The largest absolute Gasteiger partial charge is 0.478 e. The molecule has 0 radical (unpaired) electrons. The number of benzene rings is 1. The third-order valence-electron chi connectivity index (χ3n) is 2.69. The van der Waals surface area contributed by atoms with E-state index in [2.05, 4.69) is 15.3 Å². The van der Waals surface area contributed by atoms with E-state index in [1.165, 1.54) is 36.0 Å². The predicted octanol–water partition coefficient (Wildman–Crippen LogP) is 1.58. The Balaban J connectivity index is 2.18. The van der Waals surface area contributed by atoms with Crippen molar-refractivity contribution in [2.24, 2.45) is 0 Å². The van der Waals surface area contributed by atoms with Gasteiger partial charge in [-0.15, -0.1) is 0 Å². The highest BCUT2D eigenvalue weighted by Crippen LogP contribution is 2.11. The Bertz CT molecular complexity index is 755. The number of nitrogens with zero attached hydrogens (tertiary/aromatic N) is 1. The number of rotatable bonds is 5. The fourth-order valence-electron chi connectivity index (χ4n) is 1.72. The lowest BCUT2D eigenvalue weighted by atomic mass is 10.2. The third-order valence-corrected chi connectivity index (χ3v) is 3.26. The summed E-state index contributed by atoms with van der Waals surface area (Å²) in [7, 11) is 0. The number of hydrogen-bond donors (Lipinski definition) is 3. The van der Waals surface area contributed by atoms with Gasteiger partial charge in [-0.25, -0.2) is 9.78 Å². The monoisotopic (exact) mass is 319 g/mol. The molecule has 0 aliphatic heterocycles. The summed E-state index contributed by atoms with van der Waals surface area (Å²) in [6.45, 7) is 0. The van der Waals surface area contributed by atoms with Gasteiger partial charge in [0.2, 0.25) is 0 Å². The van der Waals surface area contributed by atoms with E-state index in [0.717, 1.165) is 6.07 Å². The van der Waals surface area contributed by atoms with Crippen molar-refractivity contribution >= 4 is 29.3 Å². The normalized spacial score (nSPS) is 10.2. The van der Waals surface area contributed by atoms with Crippen LogP contribution < -0.4 is 10.9 Å². The van der Waals surface area contributed by atoms with Crippen molar-refractivity contribution in [1.29, 1.82) is 0 Å². The number of aromatic amines is 1. The minimum Gasteiger partial charge on any atom is -0.478 e. The van der Waals surface area contributed by atoms with Crippen LogP contribution in [-0.2, 0) is 5.75 Å². The molecule has 114 valence electrons. The second-order valence-electron chi connectivity index (χ2n) is 4.35. The van der Waals surface area contributed by atoms with Gasteiger partial charge in [0.1, 0.15) is 11.5 Å². The predicted molar refractivity (Wildman–Crippen MR) is 83.4 cm³/mol. The van der Waals surface area contributed by atoms with Gasteiger partial charge in [0.05, 0.1) is 11.3 Å². The molecule has 0 bridgehead atoms. The molecule has 1 heterocycles. The summed E-state index contributed by atoms with van der Waals surface area (Å²) >= 11 is 1.47. The number of carboxylic acids is 1. The summed E-state index contributed by atoms with van der Waals surface area (Å²) in [5, 5.41) is 11.4. The number of H-pyrrole nitrogens is 1. The molecule has 3 N–H and O–H groups in total. The first kappa shape index (κ1) is 15.8. The van der Waals surface area contributed by atoms with Crippen LogP contribution in [0.15, 0.2) is 35.1 Å². The molecule has 7 nitrogen and oxygen atoms in total. The van der Waals surface area contributed by atoms with Crippen LogP contribution in [0.2, 0.25) is 0 Å². The Hall–Kier alpha value is -2.61. The molecule has 0 atom stereocenters. The van der Waals surface area contributed by atoms with Gasteiger partial charge in [-0.3, -0.25) is 9.59 Å². The highest BCUT2D eigenvalue weighted by atomic mass is 32.2. The van der Waals surface area contributed by atoms with E-state index >= 15 is 0 Å². The van der Waals surface area contributed by atoms with Crippen LogP contribution in [0, 0.1) is 0 Å². The minimum atomic E-state index is -1.05. The molecule has 2 rings (SSSR count). The lowest BCUT2D eigenvalue weighted by Gasteiger charge is -2.06. The van der Waals surface area contributed by atoms with Gasteiger partial charge < -0.3 is 15.4 Å². The number of nitrogens with one attached hydrogen (secondary N) is 2. The zero-order valence-corrected chi connectivity index (χ0v) is 12.4. The summed E-state index contributed by atoms with van der Waals surface area (Å²) in [5.74, 6) is -0.664. The van der Waals surface area contributed by atoms with E-state index < -0.39 is 17.4 Å². The number of aromatic carboxylic acids is 1. The Morgan fingerprint density at radius 2 is 2.00 bits per heavy atom. The average molecular weight is 319 g/mol. The molecule has 0 spiro atoms. The molecule has 8 heteroatoms. The lowest BCUT2D eigenvalue weighted by Crippen LogP contribution is -2.20. The molecule has 0 aliphatic rings. The van der Waals surface area contributed by atoms with Crippen molar-refractivity contribution in [3.8, 4) is 0 Å². The summed E-state index contributed by atoms with van der Waals surface area (Å²) in [5.41, 5.74) is 0.151. The van der Waals surface area contributed by atoms with Gasteiger partial charge in [-0.1, -0.05) is 0 Å². The van der Waals surface area contributed by atoms with Crippen LogP contribution in [-0.4, -0.2) is 33.2 Å². The van der Waals surface area contributed by atoms with E-state index in [1.54, 1.807) is 0 Å². The van der Waals surface area contributed by atoms with Gasteiger partial charge >= 0.3 is 5.97 Å². The molecule has 1 aromatic heterocycles. The first-order valence-electron chi connectivity index (χ1n) is 6.23. The molecular formula is C14H13N3O4S. The second-order valence-corrected chi connectivity index (χ2v) is 5.21. The molecule has 0 unspecified atom stereocenters. The lowest BCUT2D eigenvalue weighted by molar-refractivity contribution is 0.0696. The first-order valence-corrected chi connectivity index (χ1v) is 7.63. The molecule has 0 saturated carbocycles. The molecule has 2 aromatic rings. The summed E-state index contributed by atoms with van der Waals surface area (Å²) in [4.78, 5) is 41.0. The topological polar surface area (TPSA) is 112 Å². The van der Waals surface area contributed by atoms with Crippen LogP contribution >= 0.6 is 11.8 Å². The highest BCUT2D eigenvalue weighted by molar-refractivity contribution is 7.97. The number of aromatic nitrogens is 2. The van der Waals surface area contributed by atoms with Gasteiger partial charge in [0.15, 0.2) is 0 Å². The van der Waals surface area contributed by atoms with E-state index in [9.17, 15) is 14.4 Å². The number of carbonyl (C=O) groups is 2. The fourth-order valence-corrected chi connectivity index (χ4v) is 2.13. The Morgan fingerprint density at radius 3 is 2.59 bits per heavy atom. The van der Waals surface area contributed by atoms with Crippen molar-refractivity contribution in [3.05, 3.63) is 57.8 Å². The van der Waals surface area contributed by atoms with E-state index in [-0.39, 0.29) is 11.3 Å². The van der Waals surface area contributed by atoms with Crippen molar-refractivity contribution in [2.45, 2.75) is 5.75 Å². The van der Waals surface area contributed by atoms with Crippen LogP contribution in [0.1, 0.15) is 26.7 Å². The van der Waals surface area contributed by atoms with Crippen LogP contribution in [0.25, 0.3) is 0 Å². The SMILES string of the molecule is CSCc1nc(C(=O)Nc2ccc(C(=O)O)cc2)cc(=O)[nH]1. The summed E-state index contributed by atoms with van der Waals surface area (Å²) < 4.78 is 0. The Kier molecular flexibility index (Phi) is 4.95. The highest BCUT2D eigenvalue weighted by Gasteiger charge is 2.11. The molecule has 0 fully saturated rings. The second kappa shape index (κ2) is 6.90. The zero-order valence-electron chi connectivity index (χ0n) is 11.6. The molecule has 22 heavy (non-hydrogen) atoms. The van der Waals surface area contributed by atoms with Gasteiger partial charge in [0.25, 0.3) is 11.5 Å². The van der Waals surface area contributed by atoms with E-state index in [1.807, 2.05) is 6.26 Å². The van der Waals surface area contributed by atoms with Crippen molar-refractivity contribution < 1.29 is 14.7 Å². The van der Waals surface area contributed by atoms with Gasteiger partial charge in [-0.05, 0) is 30.5 Å². The number of anilines is 1. The quantitative estimate of drug-likeness (QED) is 0.771. The number of hydrogen-bond acceptors (Lipinski definition) is 5. The minimum absolute atomic E-state index is 0.00936. The Labute approximate surface area is 129 Å². The molecular weight excluding hydrogens is 306 g/mol. The smallest absolute Gasteiger partial charge is 0.335 e. The number of amides is 1. The third kappa shape index (κ3) is 3.95. The number of thioether (sulfide) groups is 1. The Morgan fingerprint density at radius 1 is 1.32 bits per heavy atom.